The topological polar surface area (TPSA) is 61.7 Å². The average Bonchev–Trinajstić information content (AvgIpc) is 3.01. The number of H-pyrrole nitrogens is 1. The Labute approximate surface area is 147 Å². The molecule has 126 valence electrons. The maximum atomic E-state index is 9.58. The van der Waals surface area contributed by atoms with Gasteiger partial charge in [0.2, 0.25) is 0 Å². The second-order valence-electron chi connectivity index (χ2n) is 6.13. The number of aromatic amines is 1. The molecule has 0 unspecified atom stereocenters. The van der Waals surface area contributed by atoms with Gasteiger partial charge in [-0.25, -0.2) is 4.98 Å². The Hall–Kier alpha value is -3.06. The van der Waals surface area contributed by atoms with Crippen molar-refractivity contribution in [1.29, 1.82) is 5.26 Å². The Morgan fingerprint density at radius 3 is 2.80 bits per heavy atom. The smallest absolute Gasteiger partial charge is 0.149 e. The van der Waals surface area contributed by atoms with Crippen molar-refractivity contribution in [1.82, 2.24) is 9.97 Å². The molecule has 0 fully saturated rings. The third kappa shape index (κ3) is 3.72. The van der Waals surface area contributed by atoms with Gasteiger partial charge in [0, 0.05) is 0 Å². The molecule has 0 aliphatic rings. The first-order valence-corrected chi connectivity index (χ1v) is 8.42. The molecule has 0 radical (unpaired) electrons. The van der Waals surface area contributed by atoms with Gasteiger partial charge in [-0.2, -0.15) is 5.26 Å². The Kier molecular flexibility index (Phi) is 4.85. The van der Waals surface area contributed by atoms with Crippen molar-refractivity contribution >= 4 is 22.7 Å². The van der Waals surface area contributed by atoms with Crippen LogP contribution in [0.15, 0.2) is 36.4 Å². The minimum atomic E-state index is 0.499. The number of ether oxygens (including phenoxy) is 1. The fourth-order valence-electron chi connectivity index (χ4n) is 2.63. The second-order valence-corrected chi connectivity index (χ2v) is 6.13. The molecule has 2 aromatic carbocycles. The van der Waals surface area contributed by atoms with E-state index in [1.165, 1.54) is 11.1 Å². The molecular weight excluding hydrogens is 310 g/mol. The zero-order valence-corrected chi connectivity index (χ0v) is 14.8. The maximum absolute atomic E-state index is 9.58. The molecule has 0 atom stereocenters. The molecular formula is C21H21N3O. The quantitative estimate of drug-likeness (QED) is 0.667. The first-order chi connectivity index (χ1) is 12.1. The third-order valence-corrected chi connectivity index (χ3v) is 4.11. The van der Waals surface area contributed by atoms with E-state index in [0.717, 1.165) is 28.8 Å². The predicted octanol–water partition coefficient (Wildman–Crippen LogP) is 5.03. The maximum Gasteiger partial charge on any atom is 0.149 e. The highest BCUT2D eigenvalue weighted by molar-refractivity contribution is 5.90. The van der Waals surface area contributed by atoms with Crippen LogP contribution in [0.1, 0.15) is 35.9 Å². The molecule has 0 spiro atoms. The standard InChI is InChI=1S/C21H21N3O/c1-4-8-25-18-7-5-6-16(12-18)11-17(13-22)21-23-19-9-14(2)15(3)10-20(19)24-21/h5-7,9-12H,4,8H2,1-3H3,(H,23,24)/b17-11-. The van der Waals surface area contributed by atoms with Crippen molar-refractivity contribution < 1.29 is 4.74 Å². The number of rotatable bonds is 5. The highest BCUT2D eigenvalue weighted by Gasteiger charge is 2.09. The normalized spacial score (nSPS) is 11.5. The Balaban J connectivity index is 1.97. The molecule has 0 aliphatic heterocycles. The van der Waals surface area contributed by atoms with E-state index in [9.17, 15) is 5.26 Å². The van der Waals surface area contributed by atoms with Crippen LogP contribution in [0.3, 0.4) is 0 Å². The Morgan fingerprint density at radius 2 is 2.04 bits per heavy atom. The van der Waals surface area contributed by atoms with Gasteiger partial charge in [0.1, 0.15) is 17.6 Å². The largest absolute Gasteiger partial charge is 0.494 e. The molecule has 25 heavy (non-hydrogen) atoms. The Morgan fingerprint density at radius 1 is 1.24 bits per heavy atom. The molecule has 0 saturated heterocycles. The van der Waals surface area contributed by atoms with Crippen LogP contribution < -0.4 is 4.74 Å². The van der Waals surface area contributed by atoms with Crippen LogP contribution >= 0.6 is 0 Å². The SMILES string of the molecule is CCCOc1cccc(/C=C(/C#N)c2nc3cc(C)c(C)cc3[nH]2)c1. The fourth-order valence-corrected chi connectivity index (χ4v) is 2.63. The van der Waals surface area contributed by atoms with Crippen molar-refractivity contribution in [2.24, 2.45) is 0 Å². The molecule has 4 heteroatoms. The monoisotopic (exact) mass is 331 g/mol. The molecule has 0 saturated carbocycles. The number of aryl methyl sites for hydroxylation is 2. The lowest BCUT2D eigenvalue weighted by molar-refractivity contribution is 0.317. The molecule has 0 bridgehead atoms. The Bertz CT molecular complexity index is 937. The molecule has 1 N–H and O–H groups in total. The number of benzene rings is 2. The van der Waals surface area contributed by atoms with Crippen LogP contribution in [-0.2, 0) is 0 Å². The summed E-state index contributed by atoms with van der Waals surface area (Å²) < 4.78 is 5.66. The van der Waals surface area contributed by atoms with E-state index in [4.69, 9.17) is 4.74 Å². The zero-order valence-electron chi connectivity index (χ0n) is 14.8. The number of nitrogens with zero attached hydrogens (tertiary/aromatic N) is 2. The molecule has 3 aromatic rings. The van der Waals surface area contributed by atoms with Crippen LogP contribution in [0.5, 0.6) is 5.75 Å². The van der Waals surface area contributed by atoms with Gasteiger partial charge in [-0.05, 0) is 67.3 Å². The van der Waals surface area contributed by atoms with Crippen LogP contribution in [-0.4, -0.2) is 16.6 Å². The van der Waals surface area contributed by atoms with Gasteiger partial charge >= 0.3 is 0 Å². The van der Waals surface area contributed by atoms with Crippen molar-refractivity contribution in [3.8, 4) is 11.8 Å². The number of aromatic nitrogens is 2. The van der Waals surface area contributed by atoms with Gasteiger partial charge in [-0.1, -0.05) is 19.1 Å². The van der Waals surface area contributed by atoms with Gasteiger partial charge in [-0.3, -0.25) is 0 Å². The van der Waals surface area contributed by atoms with Crippen molar-refractivity contribution in [2.45, 2.75) is 27.2 Å². The molecule has 1 aromatic heterocycles. The van der Waals surface area contributed by atoms with Crippen LogP contribution in [0.4, 0.5) is 0 Å². The lowest BCUT2D eigenvalue weighted by atomic mass is 10.1. The highest BCUT2D eigenvalue weighted by atomic mass is 16.5. The van der Waals surface area contributed by atoms with Gasteiger partial charge in [0.25, 0.3) is 0 Å². The zero-order chi connectivity index (χ0) is 17.8. The van der Waals surface area contributed by atoms with E-state index in [1.807, 2.05) is 36.4 Å². The summed E-state index contributed by atoms with van der Waals surface area (Å²) in [7, 11) is 0. The van der Waals surface area contributed by atoms with Crippen LogP contribution in [0, 0.1) is 25.2 Å². The molecule has 3 rings (SSSR count). The van der Waals surface area contributed by atoms with Crippen molar-refractivity contribution in [3.05, 3.63) is 58.9 Å². The van der Waals surface area contributed by atoms with E-state index in [0.29, 0.717) is 18.0 Å². The molecule has 0 aliphatic carbocycles. The predicted molar refractivity (Wildman–Crippen MR) is 101 cm³/mol. The highest BCUT2D eigenvalue weighted by Crippen LogP contribution is 2.23. The third-order valence-electron chi connectivity index (χ3n) is 4.11. The van der Waals surface area contributed by atoms with E-state index in [1.54, 1.807) is 0 Å². The summed E-state index contributed by atoms with van der Waals surface area (Å²) in [5.41, 5.74) is 5.62. The summed E-state index contributed by atoms with van der Waals surface area (Å²) in [4.78, 5) is 7.83. The fraction of sp³-hybridized carbons (Fsp3) is 0.238. The number of imidazole rings is 1. The summed E-state index contributed by atoms with van der Waals surface area (Å²) in [5, 5.41) is 9.58. The summed E-state index contributed by atoms with van der Waals surface area (Å²) >= 11 is 0. The van der Waals surface area contributed by atoms with Gasteiger partial charge in [0.05, 0.1) is 23.2 Å². The minimum Gasteiger partial charge on any atom is -0.494 e. The summed E-state index contributed by atoms with van der Waals surface area (Å²) in [6, 6.07) is 14.1. The van der Waals surface area contributed by atoms with E-state index >= 15 is 0 Å². The summed E-state index contributed by atoms with van der Waals surface area (Å²) in [6.45, 7) is 6.88. The minimum absolute atomic E-state index is 0.499. The number of fused-ring (bicyclic) bond motifs is 1. The second kappa shape index (κ2) is 7.23. The van der Waals surface area contributed by atoms with Gasteiger partial charge in [-0.15, -0.1) is 0 Å². The summed E-state index contributed by atoms with van der Waals surface area (Å²) in [5.74, 6) is 1.39. The van der Waals surface area contributed by atoms with Crippen molar-refractivity contribution in [3.63, 3.8) is 0 Å². The van der Waals surface area contributed by atoms with Crippen LogP contribution in [0.25, 0.3) is 22.7 Å². The van der Waals surface area contributed by atoms with E-state index < -0.39 is 0 Å². The van der Waals surface area contributed by atoms with Crippen molar-refractivity contribution in [2.75, 3.05) is 6.61 Å². The number of allylic oxidation sites excluding steroid dienone is 1. The first kappa shape index (κ1) is 16.8. The first-order valence-electron chi connectivity index (χ1n) is 8.42. The summed E-state index contributed by atoms with van der Waals surface area (Å²) in [6.07, 6.45) is 2.79. The van der Waals surface area contributed by atoms with Crippen LogP contribution in [0.2, 0.25) is 0 Å². The number of hydrogen-bond acceptors (Lipinski definition) is 3. The van der Waals surface area contributed by atoms with Gasteiger partial charge < -0.3 is 9.72 Å². The number of nitriles is 1. The van der Waals surface area contributed by atoms with E-state index in [2.05, 4.69) is 42.9 Å². The lowest BCUT2D eigenvalue weighted by Gasteiger charge is -2.05. The number of hydrogen-bond donors (Lipinski definition) is 1. The number of nitrogens with one attached hydrogen (secondary N) is 1. The average molecular weight is 331 g/mol. The van der Waals surface area contributed by atoms with Gasteiger partial charge in [0.15, 0.2) is 0 Å². The molecule has 1 heterocycles. The molecule has 4 nitrogen and oxygen atoms in total. The van der Waals surface area contributed by atoms with E-state index in [-0.39, 0.29) is 0 Å². The molecule has 0 amide bonds. The lowest BCUT2D eigenvalue weighted by Crippen LogP contribution is -1.94.